The van der Waals surface area contributed by atoms with E-state index in [1.807, 2.05) is 0 Å². The molecule has 0 spiro atoms. The minimum atomic E-state index is -1.46. The topological polar surface area (TPSA) is 109 Å². The predicted octanol–water partition coefficient (Wildman–Crippen LogP) is 2.86. The second-order valence-electron chi connectivity index (χ2n) is 8.05. The number of hydrogen-bond donors (Lipinski definition) is 1. The summed E-state index contributed by atoms with van der Waals surface area (Å²) < 4.78 is 0. The molecule has 1 atom stereocenters. The molecule has 30 heavy (non-hydrogen) atoms. The molecule has 0 aliphatic heterocycles. The molecule has 0 fully saturated rings. The van der Waals surface area contributed by atoms with Gasteiger partial charge in [0.25, 0.3) is 0 Å². The van der Waals surface area contributed by atoms with E-state index in [-0.39, 0.29) is 59.3 Å². The monoisotopic (exact) mass is 453 g/mol. The van der Waals surface area contributed by atoms with Gasteiger partial charge in [0.05, 0.1) is 12.0 Å². The van der Waals surface area contributed by atoms with Crippen molar-refractivity contribution in [2.75, 3.05) is 0 Å². The van der Waals surface area contributed by atoms with Gasteiger partial charge in [-0.1, -0.05) is 96.8 Å². The van der Waals surface area contributed by atoms with Gasteiger partial charge in [-0.3, -0.25) is 4.79 Å². The fourth-order valence-electron chi connectivity index (χ4n) is 3.43. The summed E-state index contributed by atoms with van der Waals surface area (Å²) in [5.74, 6) is -3.17. The Labute approximate surface area is 215 Å². The van der Waals surface area contributed by atoms with Gasteiger partial charge in [-0.05, 0) is 19.3 Å². The Morgan fingerprint density at radius 1 is 0.700 bits per heavy atom. The van der Waals surface area contributed by atoms with Gasteiger partial charge < -0.3 is 28.0 Å². The molecule has 0 saturated heterocycles. The standard InChI is InChI=1S/C23H43NO5.Ca.2H/c1-2-3-4-5-6-7-8-9-10-11-12-13-14-15-16-17-21(25)24-20(23(28)29)18-19-22(26)27;;;/h20H,2-19H2,1H3,(H,24,25)(H,26,27)(H,28,29);;;/q;+2;2*-1/p-2/t20-;;;/m0.../s1. The van der Waals surface area contributed by atoms with Gasteiger partial charge in [0.2, 0.25) is 5.91 Å². The molecule has 0 aromatic heterocycles. The summed E-state index contributed by atoms with van der Waals surface area (Å²) in [5, 5.41) is 23.7. The zero-order chi connectivity index (χ0) is 21.7. The first-order valence-electron chi connectivity index (χ1n) is 11.7. The summed E-state index contributed by atoms with van der Waals surface area (Å²) in [6.45, 7) is 2.25. The number of hydrogen-bond acceptors (Lipinski definition) is 5. The van der Waals surface area contributed by atoms with Crippen molar-refractivity contribution in [3.8, 4) is 0 Å². The molecule has 1 amide bonds. The maximum absolute atomic E-state index is 11.8. The zero-order valence-electron chi connectivity index (χ0n) is 21.1. The predicted molar refractivity (Wildman–Crippen MR) is 119 cm³/mol. The van der Waals surface area contributed by atoms with Gasteiger partial charge >= 0.3 is 37.7 Å². The minimum absolute atomic E-state index is 0. The third kappa shape index (κ3) is 22.4. The van der Waals surface area contributed by atoms with E-state index in [0.717, 1.165) is 12.8 Å². The third-order valence-electron chi connectivity index (χ3n) is 5.26. The SMILES string of the molecule is CCCCCCCCCCCCCCCCCC(=O)N[C@@H](CCC(=O)[O-])C(=O)[O-].[Ca+2].[H-].[H-]. The Kier molecular flexibility index (Phi) is 24.8. The maximum Gasteiger partial charge on any atom is 2.00 e. The minimum Gasteiger partial charge on any atom is -1.00 e. The van der Waals surface area contributed by atoms with Crippen molar-refractivity contribution in [1.29, 1.82) is 0 Å². The van der Waals surface area contributed by atoms with Gasteiger partial charge in [-0.2, -0.15) is 0 Å². The van der Waals surface area contributed by atoms with Crippen LogP contribution >= 0.6 is 0 Å². The Bertz CT molecular complexity index is 456. The van der Waals surface area contributed by atoms with Crippen molar-refractivity contribution >= 4 is 55.6 Å². The molecule has 0 heterocycles. The van der Waals surface area contributed by atoms with E-state index >= 15 is 0 Å². The van der Waals surface area contributed by atoms with Gasteiger partial charge in [-0.25, -0.2) is 0 Å². The number of nitrogens with one attached hydrogen (secondary N) is 1. The molecule has 174 valence electrons. The first-order valence-corrected chi connectivity index (χ1v) is 11.7. The number of carboxylic acid groups (broad SMARTS) is 2. The van der Waals surface area contributed by atoms with Crippen LogP contribution in [0.4, 0.5) is 0 Å². The van der Waals surface area contributed by atoms with Crippen molar-refractivity contribution in [2.45, 2.75) is 129 Å². The summed E-state index contributed by atoms with van der Waals surface area (Å²) >= 11 is 0. The molecule has 0 aromatic carbocycles. The van der Waals surface area contributed by atoms with E-state index in [9.17, 15) is 24.6 Å². The maximum atomic E-state index is 11.8. The van der Waals surface area contributed by atoms with Crippen LogP contribution in [-0.4, -0.2) is 61.6 Å². The van der Waals surface area contributed by atoms with E-state index in [0.29, 0.717) is 6.42 Å². The molecular formula is C23H43CaNO5-2. The summed E-state index contributed by atoms with van der Waals surface area (Å²) in [4.78, 5) is 33.1. The van der Waals surface area contributed by atoms with Crippen LogP contribution in [0.15, 0.2) is 0 Å². The number of carboxylic acids is 2. The van der Waals surface area contributed by atoms with E-state index in [4.69, 9.17) is 0 Å². The fourth-order valence-corrected chi connectivity index (χ4v) is 3.43. The number of rotatable bonds is 21. The van der Waals surface area contributed by atoms with Crippen LogP contribution in [0.25, 0.3) is 0 Å². The Hall–Kier alpha value is -0.330. The number of carbonyl (C=O) groups is 3. The second-order valence-corrected chi connectivity index (χ2v) is 8.05. The smallest absolute Gasteiger partial charge is 1.00 e. The van der Waals surface area contributed by atoms with Crippen molar-refractivity contribution in [3.05, 3.63) is 0 Å². The summed E-state index contributed by atoms with van der Waals surface area (Å²) in [6, 6.07) is -1.27. The quantitative estimate of drug-likeness (QED) is 0.212. The Morgan fingerprint density at radius 3 is 1.47 bits per heavy atom. The van der Waals surface area contributed by atoms with Crippen LogP contribution in [0, 0.1) is 0 Å². The zero-order valence-corrected chi connectivity index (χ0v) is 21.3. The third-order valence-corrected chi connectivity index (χ3v) is 5.26. The Balaban J connectivity index is -0.00000131. The normalized spacial score (nSPS) is 11.5. The summed E-state index contributed by atoms with van der Waals surface area (Å²) in [6.07, 6.45) is 18.3. The number of unbranched alkanes of at least 4 members (excludes halogenated alkanes) is 14. The number of amides is 1. The molecule has 6 nitrogen and oxygen atoms in total. The number of aliphatic carboxylic acids is 2. The second kappa shape index (κ2) is 23.3. The van der Waals surface area contributed by atoms with Crippen LogP contribution in [0.5, 0.6) is 0 Å². The van der Waals surface area contributed by atoms with Gasteiger partial charge in [0.15, 0.2) is 0 Å². The number of carbonyl (C=O) groups excluding carboxylic acids is 3. The molecule has 0 aliphatic rings. The van der Waals surface area contributed by atoms with Crippen molar-refractivity contribution in [3.63, 3.8) is 0 Å². The molecule has 0 rings (SSSR count). The van der Waals surface area contributed by atoms with E-state index in [2.05, 4.69) is 12.2 Å². The molecule has 7 heteroatoms. The van der Waals surface area contributed by atoms with Gasteiger partial charge in [-0.15, -0.1) is 0 Å². The van der Waals surface area contributed by atoms with Crippen LogP contribution in [0.2, 0.25) is 0 Å². The van der Waals surface area contributed by atoms with Crippen LogP contribution in [0.3, 0.4) is 0 Å². The largest absolute Gasteiger partial charge is 2.00 e. The molecule has 0 bridgehead atoms. The summed E-state index contributed by atoms with van der Waals surface area (Å²) in [5.41, 5.74) is 0. The molecule has 0 saturated carbocycles. The van der Waals surface area contributed by atoms with E-state index in [1.54, 1.807) is 0 Å². The first kappa shape index (κ1) is 31.9. The summed E-state index contributed by atoms with van der Waals surface area (Å²) in [7, 11) is 0. The first-order chi connectivity index (χ1) is 14.0. The van der Waals surface area contributed by atoms with E-state index in [1.165, 1.54) is 77.0 Å². The van der Waals surface area contributed by atoms with E-state index < -0.39 is 24.4 Å². The molecule has 0 aromatic rings. The van der Waals surface area contributed by atoms with Gasteiger partial charge in [0, 0.05) is 12.4 Å². The Morgan fingerprint density at radius 2 is 1.10 bits per heavy atom. The molecule has 0 unspecified atom stereocenters. The molecule has 1 N–H and O–H groups in total. The fraction of sp³-hybridized carbons (Fsp3) is 0.870. The van der Waals surface area contributed by atoms with Crippen molar-refractivity contribution < 1.29 is 27.4 Å². The van der Waals surface area contributed by atoms with Crippen LogP contribution in [-0.2, 0) is 14.4 Å². The molecular weight excluding hydrogens is 410 g/mol. The average molecular weight is 454 g/mol. The van der Waals surface area contributed by atoms with Crippen molar-refractivity contribution in [2.24, 2.45) is 0 Å². The van der Waals surface area contributed by atoms with Crippen LogP contribution < -0.4 is 15.5 Å². The molecule has 0 aliphatic carbocycles. The van der Waals surface area contributed by atoms with Gasteiger partial charge in [0.1, 0.15) is 0 Å². The molecule has 0 radical (unpaired) electrons. The van der Waals surface area contributed by atoms with Crippen LogP contribution in [0.1, 0.15) is 125 Å². The average Bonchev–Trinajstić information content (AvgIpc) is 2.67. The van der Waals surface area contributed by atoms with Crippen molar-refractivity contribution in [1.82, 2.24) is 5.32 Å².